The summed E-state index contributed by atoms with van der Waals surface area (Å²) < 4.78 is 0. The van der Waals surface area contributed by atoms with Gasteiger partial charge in [-0.25, -0.2) is 4.79 Å². The Kier molecular flexibility index (Phi) is 3.65. The largest absolute Gasteiger partial charge is 0.480 e. The van der Waals surface area contributed by atoms with Crippen molar-refractivity contribution in [3.05, 3.63) is 17.5 Å². The quantitative estimate of drug-likeness (QED) is 0.697. The third-order valence-corrected chi connectivity index (χ3v) is 2.16. The van der Waals surface area contributed by atoms with Crippen molar-refractivity contribution in [3.8, 4) is 0 Å². The molecule has 0 spiro atoms. The van der Waals surface area contributed by atoms with Gasteiger partial charge in [-0.05, 0) is 18.9 Å². The fourth-order valence-electron chi connectivity index (χ4n) is 1.26. The van der Waals surface area contributed by atoms with Crippen molar-refractivity contribution in [1.82, 2.24) is 15.5 Å². The number of carbonyl (C=O) groups is 2. The van der Waals surface area contributed by atoms with Gasteiger partial charge in [-0.2, -0.15) is 5.10 Å². The molecule has 0 bridgehead atoms. The highest BCUT2D eigenvalue weighted by Crippen LogP contribution is 2.04. The summed E-state index contributed by atoms with van der Waals surface area (Å²) in [6, 6.07) is 0.665. The SMILES string of the molecule is Cc1cc(C(=O)NC(C(=O)O)C(C)C)n[nH]1. The molecule has 16 heavy (non-hydrogen) atoms. The summed E-state index contributed by atoms with van der Waals surface area (Å²) in [7, 11) is 0. The van der Waals surface area contributed by atoms with Crippen LogP contribution in [0.5, 0.6) is 0 Å². The molecule has 1 aromatic rings. The van der Waals surface area contributed by atoms with E-state index in [0.717, 1.165) is 5.69 Å². The van der Waals surface area contributed by atoms with Gasteiger partial charge in [-0.3, -0.25) is 9.89 Å². The van der Waals surface area contributed by atoms with E-state index in [-0.39, 0.29) is 11.6 Å². The summed E-state index contributed by atoms with van der Waals surface area (Å²) in [5.74, 6) is -1.71. The maximum Gasteiger partial charge on any atom is 0.326 e. The molecule has 1 unspecified atom stereocenters. The van der Waals surface area contributed by atoms with Crippen LogP contribution < -0.4 is 5.32 Å². The van der Waals surface area contributed by atoms with Crippen LogP contribution in [0.2, 0.25) is 0 Å². The number of nitrogens with zero attached hydrogens (tertiary/aromatic N) is 1. The number of hydrogen-bond acceptors (Lipinski definition) is 3. The van der Waals surface area contributed by atoms with E-state index < -0.39 is 17.9 Å². The van der Waals surface area contributed by atoms with Crippen LogP contribution in [0.3, 0.4) is 0 Å². The molecule has 0 aliphatic carbocycles. The normalized spacial score (nSPS) is 12.5. The number of H-pyrrole nitrogens is 1. The van der Waals surface area contributed by atoms with E-state index in [0.29, 0.717) is 0 Å². The highest BCUT2D eigenvalue weighted by Gasteiger charge is 2.24. The molecule has 0 aliphatic heterocycles. The lowest BCUT2D eigenvalue weighted by molar-refractivity contribution is -0.140. The van der Waals surface area contributed by atoms with Gasteiger partial charge in [0.1, 0.15) is 11.7 Å². The molecule has 0 aromatic carbocycles. The number of aliphatic carboxylic acids is 1. The third kappa shape index (κ3) is 2.82. The van der Waals surface area contributed by atoms with E-state index in [1.54, 1.807) is 26.8 Å². The Labute approximate surface area is 93.1 Å². The standard InChI is InChI=1S/C10H15N3O3/c1-5(2)8(10(15)16)11-9(14)7-4-6(3)12-13-7/h4-5,8H,1-3H3,(H,11,14)(H,12,13)(H,15,16). The fraction of sp³-hybridized carbons (Fsp3) is 0.500. The highest BCUT2D eigenvalue weighted by molar-refractivity contribution is 5.95. The summed E-state index contributed by atoms with van der Waals surface area (Å²) in [5.41, 5.74) is 0.950. The molecule has 88 valence electrons. The van der Waals surface area contributed by atoms with Gasteiger partial charge in [0.25, 0.3) is 5.91 Å². The first-order chi connectivity index (χ1) is 7.41. The van der Waals surface area contributed by atoms with Gasteiger partial charge in [0.2, 0.25) is 0 Å². The molecule has 1 heterocycles. The lowest BCUT2D eigenvalue weighted by Gasteiger charge is -2.16. The number of nitrogens with one attached hydrogen (secondary N) is 2. The Morgan fingerprint density at radius 3 is 2.50 bits per heavy atom. The Hall–Kier alpha value is -1.85. The van der Waals surface area contributed by atoms with Gasteiger partial charge in [0.15, 0.2) is 0 Å². The predicted octanol–water partition coefficient (Wildman–Crippen LogP) is 0.557. The summed E-state index contributed by atoms with van der Waals surface area (Å²) in [6.07, 6.45) is 0. The van der Waals surface area contributed by atoms with Crippen molar-refractivity contribution in [3.63, 3.8) is 0 Å². The van der Waals surface area contributed by atoms with Crippen LogP contribution in [0.4, 0.5) is 0 Å². The maximum atomic E-state index is 11.6. The number of aromatic nitrogens is 2. The zero-order valence-electron chi connectivity index (χ0n) is 9.44. The number of carbonyl (C=O) groups excluding carboxylic acids is 1. The van der Waals surface area contributed by atoms with Crippen LogP contribution in [0, 0.1) is 12.8 Å². The Morgan fingerprint density at radius 2 is 2.12 bits per heavy atom. The molecule has 1 amide bonds. The maximum absolute atomic E-state index is 11.6. The van der Waals surface area contributed by atoms with E-state index in [9.17, 15) is 9.59 Å². The highest BCUT2D eigenvalue weighted by atomic mass is 16.4. The lowest BCUT2D eigenvalue weighted by atomic mass is 10.0. The van der Waals surface area contributed by atoms with Gasteiger partial charge in [0.05, 0.1) is 0 Å². The number of amides is 1. The molecule has 1 atom stereocenters. The average Bonchev–Trinajstić information content (AvgIpc) is 2.59. The molecule has 6 heteroatoms. The van der Waals surface area contributed by atoms with E-state index in [4.69, 9.17) is 5.11 Å². The zero-order chi connectivity index (χ0) is 12.3. The minimum Gasteiger partial charge on any atom is -0.480 e. The van der Waals surface area contributed by atoms with E-state index in [2.05, 4.69) is 15.5 Å². The van der Waals surface area contributed by atoms with Crippen molar-refractivity contribution >= 4 is 11.9 Å². The van der Waals surface area contributed by atoms with Crippen LogP contribution in [0.1, 0.15) is 30.0 Å². The molecule has 1 aromatic heterocycles. The topological polar surface area (TPSA) is 95.1 Å². The van der Waals surface area contributed by atoms with Crippen molar-refractivity contribution < 1.29 is 14.7 Å². The Balaban J connectivity index is 2.73. The molecule has 0 radical (unpaired) electrons. The number of hydrogen-bond donors (Lipinski definition) is 3. The predicted molar refractivity (Wildman–Crippen MR) is 57.1 cm³/mol. The Morgan fingerprint density at radius 1 is 1.50 bits per heavy atom. The van der Waals surface area contributed by atoms with Crippen LogP contribution in [0.15, 0.2) is 6.07 Å². The van der Waals surface area contributed by atoms with Gasteiger partial charge in [0, 0.05) is 5.69 Å². The van der Waals surface area contributed by atoms with Gasteiger partial charge < -0.3 is 10.4 Å². The van der Waals surface area contributed by atoms with Gasteiger partial charge in [-0.15, -0.1) is 0 Å². The van der Waals surface area contributed by atoms with Crippen LogP contribution in [-0.2, 0) is 4.79 Å². The second kappa shape index (κ2) is 4.78. The van der Waals surface area contributed by atoms with E-state index >= 15 is 0 Å². The summed E-state index contributed by atoms with van der Waals surface area (Å²) in [6.45, 7) is 5.23. The minimum absolute atomic E-state index is 0.179. The molecular weight excluding hydrogens is 210 g/mol. The lowest BCUT2D eigenvalue weighted by Crippen LogP contribution is -2.44. The average molecular weight is 225 g/mol. The number of carboxylic acid groups (broad SMARTS) is 1. The Bertz CT molecular complexity index is 398. The van der Waals surface area contributed by atoms with E-state index in [1.165, 1.54) is 0 Å². The van der Waals surface area contributed by atoms with Crippen molar-refractivity contribution in [2.24, 2.45) is 5.92 Å². The summed E-state index contributed by atoms with van der Waals surface area (Å²) >= 11 is 0. The van der Waals surface area contributed by atoms with Gasteiger partial charge >= 0.3 is 5.97 Å². The second-order valence-electron chi connectivity index (χ2n) is 3.97. The van der Waals surface area contributed by atoms with Crippen LogP contribution in [0.25, 0.3) is 0 Å². The first-order valence-electron chi connectivity index (χ1n) is 4.97. The number of aromatic amines is 1. The smallest absolute Gasteiger partial charge is 0.326 e. The molecular formula is C10H15N3O3. The van der Waals surface area contributed by atoms with Crippen LogP contribution >= 0.6 is 0 Å². The number of carboxylic acids is 1. The van der Waals surface area contributed by atoms with E-state index in [1.807, 2.05) is 0 Å². The summed E-state index contributed by atoms with van der Waals surface area (Å²) in [4.78, 5) is 22.5. The minimum atomic E-state index is -1.05. The first kappa shape index (κ1) is 12.2. The third-order valence-electron chi connectivity index (χ3n) is 2.16. The molecule has 0 fully saturated rings. The zero-order valence-corrected chi connectivity index (χ0v) is 9.44. The first-order valence-corrected chi connectivity index (χ1v) is 4.97. The van der Waals surface area contributed by atoms with Crippen molar-refractivity contribution in [2.45, 2.75) is 26.8 Å². The van der Waals surface area contributed by atoms with Crippen molar-refractivity contribution in [2.75, 3.05) is 0 Å². The monoisotopic (exact) mass is 225 g/mol. The number of rotatable bonds is 4. The number of aryl methyl sites for hydroxylation is 1. The molecule has 6 nitrogen and oxygen atoms in total. The summed E-state index contributed by atoms with van der Waals surface area (Å²) in [5, 5.41) is 17.7. The molecule has 0 aliphatic rings. The molecule has 0 saturated carbocycles. The second-order valence-corrected chi connectivity index (χ2v) is 3.97. The van der Waals surface area contributed by atoms with Crippen molar-refractivity contribution in [1.29, 1.82) is 0 Å². The van der Waals surface area contributed by atoms with Crippen LogP contribution in [-0.4, -0.2) is 33.2 Å². The fourth-order valence-corrected chi connectivity index (χ4v) is 1.26. The molecule has 3 N–H and O–H groups in total. The molecule has 0 saturated heterocycles. The van der Waals surface area contributed by atoms with Gasteiger partial charge in [-0.1, -0.05) is 13.8 Å². The molecule has 1 rings (SSSR count).